The first-order valence-electron chi connectivity index (χ1n) is 8.97. The number of aliphatic hydroxyl groups is 1. The molecule has 26 heavy (non-hydrogen) atoms. The first-order chi connectivity index (χ1) is 12.3. The summed E-state index contributed by atoms with van der Waals surface area (Å²) in [6.45, 7) is 5.33. The molecule has 2 aromatic rings. The highest BCUT2D eigenvalue weighted by atomic mass is 16.5. The Bertz CT molecular complexity index is 759. The van der Waals surface area contributed by atoms with E-state index in [9.17, 15) is 10.2 Å². The van der Waals surface area contributed by atoms with Gasteiger partial charge in [0.25, 0.3) is 0 Å². The van der Waals surface area contributed by atoms with E-state index in [1.807, 2.05) is 50.2 Å². The molecular formula is C21H28N2O3. The number of rotatable bonds is 5. The molecule has 0 bridgehead atoms. The molecule has 0 amide bonds. The van der Waals surface area contributed by atoms with Crippen molar-refractivity contribution in [1.82, 2.24) is 9.80 Å². The van der Waals surface area contributed by atoms with Crippen LogP contribution < -0.4 is 4.74 Å². The third-order valence-electron chi connectivity index (χ3n) is 4.68. The molecule has 2 aromatic carbocycles. The van der Waals surface area contributed by atoms with Gasteiger partial charge in [-0.15, -0.1) is 0 Å². The summed E-state index contributed by atoms with van der Waals surface area (Å²) in [6.07, 6.45) is 0. The van der Waals surface area contributed by atoms with Crippen molar-refractivity contribution in [3.05, 3.63) is 59.2 Å². The lowest BCUT2D eigenvalue weighted by atomic mass is 9.93. The van der Waals surface area contributed by atoms with E-state index >= 15 is 0 Å². The van der Waals surface area contributed by atoms with Crippen LogP contribution in [0.3, 0.4) is 0 Å². The van der Waals surface area contributed by atoms with Crippen molar-refractivity contribution in [2.24, 2.45) is 0 Å². The molecule has 0 aliphatic carbocycles. The fourth-order valence-corrected chi connectivity index (χ4v) is 3.54. The number of aromatic hydroxyl groups is 1. The molecule has 0 saturated carbocycles. The van der Waals surface area contributed by atoms with Crippen LogP contribution in [0.4, 0.5) is 0 Å². The van der Waals surface area contributed by atoms with E-state index in [-0.39, 0.29) is 5.75 Å². The van der Waals surface area contributed by atoms with Gasteiger partial charge in [0.2, 0.25) is 0 Å². The van der Waals surface area contributed by atoms with Crippen LogP contribution in [0.1, 0.15) is 23.6 Å². The molecule has 5 nitrogen and oxygen atoms in total. The Hall–Kier alpha value is -2.08. The standard InChI is InChI=1S/C21H28N2O3/c1-21(25,15-22(2)3)18-7-8-20-17(12-18)14-23(9-10-26-20)13-16-5-4-6-19(24)11-16/h4-8,11-12,24-25H,9-10,13-15H2,1-3H3. The molecule has 0 radical (unpaired) electrons. The fourth-order valence-electron chi connectivity index (χ4n) is 3.54. The molecule has 0 saturated heterocycles. The van der Waals surface area contributed by atoms with Crippen LogP contribution in [0, 0.1) is 0 Å². The maximum absolute atomic E-state index is 10.8. The largest absolute Gasteiger partial charge is 0.508 e. The molecule has 1 unspecified atom stereocenters. The monoisotopic (exact) mass is 356 g/mol. The van der Waals surface area contributed by atoms with Crippen LogP contribution in [0.15, 0.2) is 42.5 Å². The molecule has 3 rings (SSSR count). The zero-order valence-corrected chi connectivity index (χ0v) is 15.8. The average molecular weight is 356 g/mol. The number of nitrogens with zero attached hydrogens (tertiary/aromatic N) is 2. The molecule has 1 heterocycles. The Labute approximate surface area is 155 Å². The van der Waals surface area contributed by atoms with Gasteiger partial charge in [0.15, 0.2) is 0 Å². The number of benzene rings is 2. The summed E-state index contributed by atoms with van der Waals surface area (Å²) in [4.78, 5) is 4.28. The second kappa shape index (κ2) is 7.66. The van der Waals surface area contributed by atoms with Gasteiger partial charge in [-0.3, -0.25) is 4.90 Å². The smallest absolute Gasteiger partial charge is 0.123 e. The maximum atomic E-state index is 10.8. The lowest BCUT2D eigenvalue weighted by molar-refractivity contribution is 0.0299. The SMILES string of the molecule is CN(C)CC(C)(O)c1ccc2c(c1)CN(Cc1cccc(O)c1)CCO2. The van der Waals surface area contributed by atoms with Crippen molar-refractivity contribution < 1.29 is 14.9 Å². The first-order valence-corrected chi connectivity index (χ1v) is 8.97. The summed E-state index contributed by atoms with van der Waals surface area (Å²) in [7, 11) is 3.91. The van der Waals surface area contributed by atoms with Gasteiger partial charge in [-0.1, -0.05) is 18.2 Å². The van der Waals surface area contributed by atoms with E-state index in [0.717, 1.165) is 42.1 Å². The van der Waals surface area contributed by atoms with Crippen molar-refractivity contribution >= 4 is 0 Å². The van der Waals surface area contributed by atoms with Gasteiger partial charge in [0.05, 0.1) is 5.60 Å². The molecule has 0 fully saturated rings. The van der Waals surface area contributed by atoms with E-state index in [0.29, 0.717) is 13.2 Å². The van der Waals surface area contributed by atoms with Gasteiger partial charge in [-0.05, 0) is 56.4 Å². The Morgan fingerprint density at radius 1 is 1.19 bits per heavy atom. The highest BCUT2D eigenvalue weighted by Crippen LogP contribution is 2.30. The minimum atomic E-state index is -0.916. The summed E-state index contributed by atoms with van der Waals surface area (Å²) in [5, 5.41) is 20.5. The zero-order valence-electron chi connectivity index (χ0n) is 15.8. The molecule has 2 N–H and O–H groups in total. The number of hydrogen-bond acceptors (Lipinski definition) is 5. The number of phenolic OH excluding ortho intramolecular Hbond substituents is 1. The van der Waals surface area contributed by atoms with Gasteiger partial charge < -0.3 is 19.8 Å². The first kappa shape index (κ1) is 18.7. The van der Waals surface area contributed by atoms with Gasteiger partial charge >= 0.3 is 0 Å². The second-order valence-electron chi connectivity index (χ2n) is 7.56. The number of likely N-dealkylation sites (N-methyl/N-ethyl adjacent to an activating group) is 1. The lowest BCUT2D eigenvalue weighted by Gasteiger charge is -2.28. The van der Waals surface area contributed by atoms with Crippen molar-refractivity contribution in [1.29, 1.82) is 0 Å². The molecule has 5 heteroatoms. The highest BCUT2D eigenvalue weighted by molar-refractivity contribution is 5.40. The summed E-state index contributed by atoms with van der Waals surface area (Å²) < 4.78 is 5.91. The summed E-state index contributed by atoms with van der Waals surface area (Å²) >= 11 is 0. The average Bonchev–Trinajstić information content (AvgIpc) is 2.74. The van der Waals surface area contributed by atoms with Gasteiger partial charge in [-0.25, -0.2) is 0 Å². The van der Waals surface area contributed by atoms with Crippen molar-refractivity contribution in [2.45, 2.75) is 25.6 Å². The topological polar surface area (TPSA) is 56.2 Å². The molecule has 0 spiro atoms. The maximum Gasteiger partial charge on any atom is 0.123 e. The second-order valence-corrected chi connectivity index (χ2v) is 7.56. The third-order valence-corrected chi connectivity index (χ3v) is 4.68. The van der Waals surface area contributed by atoms with Gasteiger partial charge in [0, 0.05) is 31.7 Å². The van der Waals surface area contributed by atoms with Crippen molar-refractivity contribution in [2.75, 3.05) is 33.8 Å². The minimum Gasteiger partial charge on any atom is -0.508 e. The van der Waals surface area contributed by atoms with Crippen molar-refractivity contribution in [3.8, 4) is 11.5 Å². The highest BCUT2D eigenvalue weighted by Gasteiger charge is 2.26. The van der Waals surface area contributed by atoms with E-state index < -0.39 is 5.60 Å². The van der Waals surface area contributed by atoms with Gasteiger partial charge in [-0.2, -0.15) is 0 Å². The summed E-state index contributed by atoms with van der Waals surface area (Å²) in [6, 6.07) is 13.3. The van der Waals surface area contributed by atoms with E-state index in [2.05, 4.69) is 11.0 Å². The Morgan fingerprint density at radius 3 is 2.73 bits per heavy atom. The van der Waals surface area contributed by atoms with E-state index in [1.165, 1.54) is 0 Å². The molecule has 1 atom stereocenters. The third kappa shape index (κ3) is 4.55. The lowest BCUT2D eigenvalue weighted by Crippen LogP contribution is -2.34. The van der Waals surface area contributed by atoms with Gasteiger partial charge in [0.1, 0.15) is 18.1 Å². The molecule has 140 valence electrons. The number of ether oxygens (including phenoxy) is 1. The Morgan fingerprint density at radius 2 is 2.00 bits per heavy atom. The van der Waals surface area contributed by atoms with Crippen molar-refractivity contribution in [3.63, 3.8) is 0 Å². The molecule has 1 aliphatic rings. The van der Waals surface area contributed by atoms with Crippen LogP contribution in [0.25, 0.3) is 0 Å². The van der Waals surface area contributed by atoms with E-state index in [4.69, 9.17) is 4.74 Å². The molecular weight excluding hydrogens is 328 g/mol. The van der Waals surface area contributed by atoms with Crippen LogP contribution in [-0.4, -0.2) is 53.8 Å². The van der Waals surface area contributed by atoms with Crippen LogP contribution in [-0.2, 0) is 18.7 Å². The number of hydrogen-bond donors (Lipinski definition) is 2. The van der Waals surface area contributed by atoms with Crippen LogP contribution in [0.5, 0.6) is 11.5 Å². The molecule has 1 aliphatic heterocycles. The quantitative estimate of drug-likeness (QED) is 0.862. The Balaban J connectivity index is 1.81. The number of fused-ring (bicyclic) bond motifs is 1. The Kier molecular flexibility index (Phi) is 5.51. The summed E-state index contributed by atoms with van der Waals surface area (Å²) in [5.41, 5.74) is 2.14. The summed E-state index contributed by atoms with van der Waals surface area (Å²) in [5.74, 6) is 1.17. The normalized spacial score (nSPS) is 17.3. The zero-order chi connectivity index (χ0) is 18.7. The van der Waals surface area contributed by atoms with Crippen LogP contribution in [0.2, 0.25) is 0 Å². The predicted molar refractivity (Wildman–Crippen MR) is 102 cm³/mol. The number of phenols is 1. The predicted octanol–water partition coefficient (Wildman–Crippen LogP) is 2.56. The molecule has 0 aromatic heterocycles. The fraction of sp³-hybridized carbons (Fsp3) is 0.429. The van der Waals surface area contributed by atoms with E-state index in [1.54, 1.807) is 12.1 Å². The van der Waals surface area contributed by atoms with Crippen LogP contribution >= 0.6 is 0 Å². The minimum absolute atomic E-state index is 0.288.